The maximum absolute atomic E-state index is 2.49. The summed E-state index contributed by atoms with van der Waals surface area (Å²) in [5.41, 5.74) is 0.703. The molecule has 1 nitrogen and oxygen atoms in total. The highest BCUT2D eigenvalue weighted by molar-refractivity contribution is 4.96. The lowest BCUT2D eigenvalue weighted by atomic mass is 9.83. The van der Waals surface area contributed by atoms with E-state index in [0.717, 1.165) is 5.92 Å². The molecular formula is C9H17N. The van der Waals surface area contributed by atoms with Gasteiger partial charge in [-0.25, -0.2) is 0 Å². The molecule has 2 aliphatic rings. The van der Waals surface area contributed by atoms with Gasteiger partial charge in [0.15, 0.2) is 0 Å². The lowest BCUT2D eigenvalue weighted by molar-refractivity contribution is 0.287. The van der Waals surface area contributed by atoms with E-state index in [1.807, 2.05) is 0 Å². The van der Waals surface area contributed by atoms with Crippen LogP contribution in [0.2, 0.25) is 0 Å². The van der Waals surface area contributed by atoms with Crippen molar-refractivity contribution < 1.29 is 0 Å². The molecule has 0 spiro atoms. The second kappa shape index (κ2) is 1.97. The van der Waals surface area contributed by atoms with E-state index in [0.29, 0.717) is 5.41 Å². The third kappa shape index (κ3) is 0.800. The van der Waals surface area contributed by atoms with E-state index in [1.165, 1.54) is 32.4 Å². The van der Waals surface area contributed by atoms with E-state index >= 15 is 0 Å². The van der Waals surface area contributed by atoms with E-state index in [-0.39, 0.29) is 0 Å². The maximum atomic E-state index is 2.49. The number of hydrogen-bond acceptors (Lipinski definition) is 1. The van der Waals surface area contributed by atoms with Gasteiger partial charge in [-0.05, 0) is 31.2 Å². The van der Waals surface area contributed by atoms with Crippen LogP contribution in [0.4, 0.5) is 0 Å². The Balaban J connectivity index is 2.15. The van der Waals surface area contributed by atoms with Crippen molar-refractivity contribution in [1.82, 2.24) is 4.90 Å². The number of fused-ring (bicyclic) bond motifs is 1. The highest BCUT2D eigenvalue weighted by Crippen LogP contribution is 2.47. The molecule has 0 aromatic carbocycles. The van der Waals surface area contributed by atoms with E-state index in [1.54, 1.807) is 0 Å². The number of nitrogens with zero attached hydrogens (tertiary/aromatic N) is 1. The minimum atomic E-state index is 0.703. The molecule has 1 saturated heterocycles. The molecule has 1 saturated carbocycles. The van der Waals surface area contributed by atoms with E-state index in [9.17, 15) is 0 Å². The van der Waals surface area contributed by atoms with Crippen LogP contribution in [0.15, 0.2) is 0 Å². The van der Waals surface area contributed by atoms with Crippen LogP contribution >= 0.6 is 0 Å². The fourth-order valence-corrected chi connectivity index (χ4v) is 2.88. The molecule has 58 valence electrons. The normalized spacial score (nSPS) is 48.0. The molecule has 2 atom stereocenters. The maximum Gasteiger partial charge on any atom is 0.00355 e. The van der Waals surface area contributed by atoms with Crippen LogP contribution in [0.1, 0.15) is 26.2 Å². The van der Waals surface area contributed by atoms with Gasteiger partial charge in [0.25, 0.3) is 0 Å². The Bertz CT molecular complexity index is 144. The smallest absolute Gasteiger partial charge is 0.00355 e. The number of hydrogen-bond donors (Lipinski definition) is 0. The van der Waals surface area contributed by atoms with Crippen molar-refractivity contribution in [2.24, 2.45) is 11.3 Å². The Hall–Kier alpha value is -0.0400. The first-order valence-corrected chi connectivity index (χ1v) is 4.39. The first kappa shape index (κ1) is 6.66. The van der Waals surface area contributed by atoms with Gasteiger partial charge in [0.2, 0.25) is 0 Å². The molecule has 2 rings (SSSR count). The quantitative estimate of drug-likeness (QED) is 0.494. The van der Waals surface area contributed by atoms with Crippen molar-refractivity contribution in [1.29, 1.82) is 0 Å². The van der Waals surface area contributed by atoms with Gasteiger partial charge < -0.3 is 4.90 Å². The van der Waals surface area contributed by atoms with Gasteiger partial charge in [0, 0.05) is 13.1 Å². The molecule has 1 heterocycles. The lowest BCUT2D eigenvalue weighted by Crippen LogP contribution is -2.21. The van der Waals surface area contributed by atoms with Crippen LogP contribution in [-0.2, 0) is 0 Å². The molecule has 1 aliphatic carbocycles. The average Bonchev–Trinajstić information content (AvgIpc) is 2.20. The van der Waals surface area contributed by atoms with Crippen molar-refractivity contribution in [3.63, 3.8) is 0 Å². The van der Waals surface area contributed by atoms with Crippen molar-refractivity contribution >= 4 is 0 Å². The Labute approximate surface area is 63.4 Å². The van der Waals surface area contributed by atoms with Gasteiger partial charge in [-0.2, -0.15) is 0 Å². The summed E-state index contributed by atoms with van der Waals surface area (Å²) in [7, 11) is 2.25. The average molecular weight is 139 g/mol. The Morgan fingerprint density at radius 2 is 2.30 bits per heavy atom. The molecule has 1 unspecified atom stereocenters. The summed E-state index contributed by atoms with van der Waals surface area (Å²) in [4.78, 5) is 2.49. The summed E-state index contributed by atoms with van der Waals surface area (Å²) < 4.78 is 0. The minimum absolute atomic E-state index is 0.703. The van der Waals surface area contributed by atoms with Crippen LogP contribution in [0.25, 0.3) is 0 Å². The predicted molar refractivity (Wildman–Crippen MR) is 42.9 cm³/mol. The van der Waals surface area contributed by atoms with Gasteiger partial charge in [-0.15, -0.1) is 0 Å². The molecule has 1 aliphatic heterocycles. The van der Waals surface area contributed by atoms with Crippen LogP contribution in [-0.4, -0.2) is 25.0 Å². The molecule has 0 amide bonds. The zero-order chi connectivity index (χ0) is 7.19. The third-order valence-electron chi connectivity index (χ3n) is 3.45. The largest absolute Gasteiger partial charge is 0.306 e. The van der Waals surface area contributed by atoms with Gasteiger partial charge >= 0.3 is 0 Å². The van der Waals surface area contributed by atoms with E-state index < -0.39 is 0 Å². The van der Waals surface area contributed by atoms with Crippen LogP contribution in [0.5, 0.6) is 0 Å². The van der Waals surface area contributed by atoms with Gasteiger partial charge in [-0.3, -0.25) is 0 Å². The molecular weight excluding hydrogens is 122 g/mol. The first-order valence-electron chi connectivity index (χ1n) is 4.39. The highest BCUT2D eigenvalue weighted by atomic mass is 15.1. The molecule has 2 fully saturated rings. The molecule has 10 heavy (non-hydrogen) atoms. The van der Waals surface area contributed by atoms with Crippen molar-refractivity contribution in [3.8, 4) is 0 Å². The van der Waals surface area contributed by atoms with Crippen molar-refractivity contribution in [2.75, 3.05) is 20.1 Å². The Kier molecular flexibility index (Phi) is 1.31. The molecule has 0 aromatic heterocycles. The number of rotatable bonds is 0. The van der Waals surface area contributed by atoms with Gasteiger partial charge in [-0.1, -0.05) is 13.3 Å². The second-order valence-electron chi connectivity index (χ2n) is 4.44. The monoisotopic (exact) mass is 139 g/mol. The molecule has 0 bridgehead atoms. The van der Waals surface area contributed by atoms with E-state index in [2.05, 4.69) is 18.9 Å². The summed E-state index contributed by atoms with van der Waals surface area (Å²) in [5.74, 6) is 1.03. The molecule has 0 aromatic rings. The summed E-state index contributed by atoms with van der Waals surface area (Å²) in [6.07, 6.45) is 4.44. The lowest BCUT2D eigenvalue weighted by Gasteiger charge is -2.21. The van der Waals surface area contributed by atoms with Crippen LogP contribution in [0.3, 0.4) is 0 Å². The summed E-state index contributed by atoms with van der Waals surface area (Å²) >= 11 is 0. The fourth-order valence-electron chi connectivity index (χ4n) is 2.88. The second-order valence-corrected chi connectivity index (χ2v) is 4.44. The van der Waals surface area contributed by atoms with Crippen molar-refractivity contribution in [3.05, 3.63) is 0 Å². The molecule has 0 radical (unpaired) electrons. The van der Waals surface area contributed by atoms with E-state index in [4.69, 9.17) is 0 Å². The molecule has 0 N–H and O–H groups in total. The number of likely N-dealkylation sites (tertiary alicyclic amines) is 1. The van der Waals surface area contributed by atoms with Gasteiger partial charge in [0.05, 0.1) is 0 Å². The predicted octanol–water partition coefficient (Wildman–Crippen LogP) is 1.74. The Morgan fingerprint density at radius 3 is 3.00 bits per heavy atom. The zero-order valence-corrected chi connectivity index (χ0v) is 7.06. The summed E-state index contributed by atoms with van der Waals surface area (Å²) in [5, 5.41) is 0. The standard InChI is InChI=1S/C9H17N/c1-9-5-3-4-8(9)6-10(2)7-9/h8H,3-7H2,1-2H3/t8?,9-/m0/s1. The Morgan fingerprint density at radius 1 is 1.50 bits per heavy atom. The minimum Gasteiger partial charge on any atom is -0.306 e. The zero-order valence-electron chi connectivity index (χ0n) is 7.06. The topological polar surface area (TPSA) is 3.24 Å². The third-order valence-corrected chi connectivity index (χ3v) is 3.45. The fraction of sp³-hybridized carbons (Fsp3) is 1.00. The molecule has 1 heteroatoms. The van der Waals surface area contributed by atoms with Crippen molar-refractivity contribution in [2.45, 2.75) is 26.2 Å². The first-order chi connectivity index (χ1) is 4.71. The summed E-state index contributed by atoms with van der Waals surface area (Å²) in [6.45, 7) is 5.17. The highest BCUT2D eigenvalue weighted by Gasteiger charge is 2.44. The van der Waals surface area contributed by atoms with Gasteiger partial charge in [0.1, 0.15) is 0 Å². The van der Waals surface area contributed by atoms with Crippen LogP contribution < -0.4 is 0 Å². The van der Waals surface area contributed by atoms with Crippen LogP contribution in [0, 0.1) is 11.3 Å². The summed E-state index contributed by atoms with van der Waals surface area (Å²) in [6, 6.07) is 0. The SMILES string of the molecule is CN1CC2CCC[C@@]2(C)C1.